The van der Waals surface area contributed by atoms with Crippen molar-refractivity contribution >= 4 is 27.9 Å². The van der Waals surface area contributed by atoms with Gasteiger partial charge in [0.2, 0.25) is 0 Å². The molecule has 0 aliphatic rings. The van der Waals surface area contributed by atoms with E-state index in [4.69, 9.17) is 14.6 Å². The van der Waals surface area contributed by atoms with Crippen molar-refractivity contribution in [3.63, 3.8) is 0 Å². The minimum atomic E-state index is -0.355. The molecule has 1 aromatic heterocycles. The molecule has 0 saturated carbocycles. The third-order valence-electron chi connectivity index (χ3n) is 2.92. The molecule has 0 bridgehead atoms. The first kappa shape index (κ1) is 15.4. The molecule has 0 aliphatic carbocycles. The third kappa shape index (κ3) is 4.01. The van der Waals surface area contributed by atoms with Crippen LogP contribution >= 0.6 is 11.8 Å². The number of hydrogen-bond acceptors (Lipinski definition) is 5. The Bertz CT molecular complexity index is 710. The zero-order chi connectivity index (χ0) is 15.4. The first-order valence-corrected chi connectivity index (χ1v) is 7.52. The van der Waals surface area contributed by atoms with Gasteiger partial charge >= 0.3 is 5.63 Å². The minimum Gasteiger partial charge on any atom is -0.493 e. The van der Waals surface area contributed by atoms with Crippen LogP contribution in [0.25, 0.3) is 11.0 Å². The lowest BCUT2D eigenvalue weighted by Crippen LogP contribution is -2.18. The molecule has 2 aromatic rings. The highest BCUT2D eigenvalue weighted by Gasteiger charge is 2.05. The maximum Gasteiger partial charge on any atom is 0.336 e. The lowest BCUT2D eigenvalue weighted by Gasteiger charge is -2.12. The molecule has 1 aromatic carbocycles. The van der Waals surface area contributed by atoms with Crippen LogP contribution in [0.5, 0.6) is 5.75 Å². The highest BCUT2D eigenvalue weighted by molar-refractivity contribution is 8.13. The fraction of sp³-hybridized carbons (Fsp3) is 0.333. The number of amidine groups is 1. The number of benzene rings is 1. The Kier molecular flexibility index (Phi) is 4.90. The first-order valence-electron chi connectivity index (χ1n) is 6.53. The SMILES string of the molecule is Cc1cc(=O)oc2cc(OCCSC(=N)N(C)C)ccc12. The van der Waals surface area contributed by atoms with Gasteiger partial charge in [0.1, 0.15) is 11.3 Å². The van der Waals surface area contributed by atoms with E-state index >= 15 is 0 Å². The summed E-state index contributed by atoms with van der Waals surface area (Å²) in [6.45, 7) is 2.37. The fourth-order valence-electron chi connectivity index (χ4n) is 1.82. The monoisotopic (exact) mass is 306 g/mol. The number of hydrogen-bond donors (Lipinski definition) is 1. The first-order chi connectivity index (χ1) is 9.97. The van der Waals surface area contributed by atoms with Crippen LogP contribution in [-0.4, -0.2) is 36.5 Å². The molecule has 0 atom stereocenters. The third-order valence-corrected chi connectivity index (χ3v) is 3.93. The number of rotatable bonds is 4. The van der Waals surface area contributed by atoms with Gasteiger partial charge in [-0.05, 0) is 24.6 Å². The van der Waals surface area contributed by atoms with Gasteiger partial charge in [-0.3, -0.25) is 5.41 Å². The lowest BCUT2D eigenvalue weighted by atomic mass is 10.1. The van der Waals surface area contributed by atoms with Gasteiger partial charge in [-0.15, -0.1) is 0 Å². The van der Waals surface area contributed by atoms with Crippen molar-refractivity contribution in [3.8, 4) is 5.75 Å². The molecule has 0 amide bonds. The molecule has 1 heterocycles. The molecular weight excluding hydrogens is 288 g/mol. The number of nitrogens with zero attached hydrogens (tertiary/aromatic N) is 1. The average molecular weight is 306 g/mol. The summed E-state index contributed by atoms with van der Waals surface area (Å²) in [5.74, 6) is 1.35. The van der Waals surface area contributed by atoms with Crippen LogP contribution in [0, 0.1) is 12.3 Å². The van der Waals surface area contributed by atoms with E-state index in [0.717, 1.165) is 10.9 Å². The van der Waals surface area contributed by atoms with Crippen LogP contribution in [0.4, 0.5) is 0 Å². The zero-order valence-electron chi connectivity index (χ0n) is 12.3. The van der Waals surface area contributed by atoms with Gasteiger partial charge in [-0.2, -0.15) is 0 Å². The zero-order valence-corrected chi connectivity index (χ0v) is 13.1. The number of ether oxygens (including phenoxy) is 1. The second-order valence-corrected chi connectivity index (χ2v) is 5.89. The molecule has 0 unspecified atom stereocenters. The highest BCUT2D eigenvalue weighted by Crippen LogP contribution is 2.22. The molecule has 6 heteroatoms. The molecule has 1 N–H and O–H groups in total. The second-order valence-electron chi connectivity index (χ2n) is 4.80. The fourth-order valence-corrected chi connectivity index (χ4v) is 2.44. The van der Waals surface area contributed by atoms with Gasteiger partial charge in [-0.25, -0.2) is 4.79 Å². The van der Waals surface area contributed by atoms with Crippen LogP contribution in [0.15, 0.2) is 33.5 Å². The van der Waals surface area contributed by atoms with Gasteiger partial charge in [-0.1, -0.05) is 11.8 Å². The largest absolute Gasteiger partial charge is 0.493 e. The maximum atomic E-state index is 11.4. The lowest BCUT2D eigenvalue weighted by molar-refractivity contribution is 0.344. The van der Waals surface area contributed by atoms with Gasteiger partial charge in [0, 0.05) is 37.4 Å². The van der Waals surface area contributed by atoms with Crippen LogP contribution in [0.3, 0.4) is 0 Å². The average Bonchev–Trinajstić information content (AvgIpc) is 2.42. The minimum absolute atomic E-state index is 0.355. The Morgan fingerprint density at radius 3 is 2.86 bits per heavy atom. The van der Waals surface area contributed by atoms with E-state index in [9.17, 15) is 4.79 Å². The van der Waals surface area contributed by atoms with E-state index in [0.29, 0.717) is 28.9 Å². The van der Waals surface area contributed by atoms with Crippen LogP contribution < -0.4 is 10.4 Å². The molecule has 0 aliphatic heterocycles. The molecule has 5 nitrogen and oxygen atoms in total. The van der Waals surface area contributed by atoms with Crippen molar-refractivity contribution in [2.75, 3.05) is 26.5 Å². The standard InChI is InChI=1S/C15H18N2O3S/c1-10-8-14(18)20-13-9-11(4-5-12(10)13)19-6-7-21-15(16)17(2)3/h4-5,8-9,16H,6-7H2,1-3H3. The quantitative estimate of drug-likeness (QED) is 0.407. The number of aryl methyl sites for hydroxylation is 1. The smallest absolute Gasteiger partial charge is 0.336 e. The Labute approximate surface area is 127 Å². The summed E-state index contributed by atoms with van der Waals surface area (Å²) < 4.78 is 10.8. The molecule has 112 valence electrons. The molecule has 2 rings (SSSR count). The topological polar surface area (TPSA) is 66.5 Å². The summed E-state index contributed by atoms with van der Waals surface area (Å²) in [4.78, 5) is 13.1. The Balaban J connectivity index is 2.00. The van der Waals surface area contributed by atoms with Crippen molar-refractivity contribution in [1.82, 2.24) is 4.90 Å². The summed E-state index contributed by atoms with van der Waals surface area (Å²) >= 11 is 1.42. The van der Waals surface area contributed by atoms with Crippen molar-refractivity contribution in [1.29, 1.82) is 5.41 Å². The summed E-state index contributed by atoms with van der Waals surface area (Å²) in [5.41, 5.74) is 1.07. The van der Waals surface area contributed by atoms with Gasteiger partial charge < -0.3 is 14.1 Å². The van der Waals surface area contributed by atoms with Crippen LogP contribution in [0.1, 0.15) is 5.56 Å². The van der Waals surface area contributed by atoms with E-state index in [2.05, 4.69) is 0 Å². The molecule has 0 radical (unpaired) electrons. The van der Waals surface area contributed by atoms with Crippen molar-refractivity contribution in [3.05, 3.63) is 40.2 Å². The Morgan fingerprint density at radius 1 is 1.38 bits per heavy atom. The normalized spacial score (nSPS) is 10.6. The molecular formula is C15H18N2O3S. The van der Waals surface area contributed by atoms with Gasteiger partial charge in [0.05, 0.1) is 6.61 Å². The van der Waals surface area contributed by atoms with E-state index in [1.165, 1.54) is 17.8 Å². The van der Waals surface area contributed by atoms with Crippen LogP contribution in [-0.2, 0) is 0 Å². The predicted octanol–water partition coefficient (Wildman–Crippen LogP) is 2.71. The number of nitrogens with one attached hydrogen (secondary N) is 1. The van der Waals surface area contributed by atoms with E-state index in [1.54, 1.807) is 11.0 Å². The summed E-state index contributed by atoms with van der Waals surface area (Å²) in [6, 6.07) is 6.95. The van der Waals surface area contributed by atoms with Crippen LogP contribution in [0.2, 0.25) is 0 Å². The van der Waals surface area contributed by atoms with Gasteiger partial charge in [0.25, 0.3) is 0 Å². The van der Waals surface area contributed by atoms with E-state index < -0.39 is 0 Å². The van der Waals surface area contributed by atoms with Crippen molar-refractivity contribution in [2.45, 2.75) is 6.92 Å². The number of thioether (sulfide) groups is 1. The Morgan fingerprint density at radius 2 is 2.14 bits per heavy atom. The van der Waals surface area contributed by atoms with E-state index in [-0.39, 0.29) is 5.63 Å². The predicted molar refractivity (Wildman–Crippen MR) is 86.6 cm³/mol. The van der Waals surface area contributed by atoms with Crippen molar-refractivity contribution < 1.29 is 9.15 Å². The molecule has 0 fully saturated rings. The summed E-state index contributed by atoms with van der Waals surface area (Å²) in [5, 5.41) is 9.07. The second kappa shape index (κ2) is 6.67. The summed E-state index contributed by atoms with van der Waals surface area (Å²) in [6.07, 6.45) is 0. The molecule has 0 saturated heterocycles. The molecule has 21 heavy (non-hydrogen) atoms. The molecule has 0 spiro atoms. The Hall–Kier alpha value is -1.95. The highest BCUT2D eigenvalue weighted by atomic mass is 32.2. The van der Waals surface area contributed by atoms with E-state index in [1.807, 2.05) is 33.2 Å². The number of fused-ring (bicyclic) bond motifs is 1. The summed E-state index contributed by atoms with van der Waals surface area (Å²) in [7, 11) is 3.67. The van der Waals surface area contributed by atoms with Crippen molar-refractivity contribution in [2.24, 2.45) is 0 Å². The maximum absolute atomic E-state index is 11.4. The van der Waals surface area contributed by atoms with Gasteiger partial charge in [0.15, 0.2) is 5.17 Å².